The lowest BCUT2D eigenvalue weighted by Crippen LogP contribution is -2.23. The Balaban J connectivity index is 2.91. The summed E-state index contributed by atoms with van der Waals surface area (Å²) >= 11 is 1.27. The number of carbonyl (C=O) groups is 1. The topological polar surface area (TPSA) is 55.1 Å². The number of rotatable bonds is 2. The number of aryl methyl sites for hydroxylation is 3. The van der Waals surface area contributed by atoms with Crippen molar-refractivity contribution in [3.63, 3.8) is 0 Å². The molecule has 1 aromatic rings. The van der Waals surface area contributed by atoms with Crippen molar-refractivity contribution in [3.05, 3.63) is 28.8 Å². The van der Waals surface area contributed by atoms with Gasteiger partial charge in [0.2, 0.25) is 0 Å². The Morgan fingerprint density at radius 1 is 1.29 bits per heavy atom. The van der Waals surface area contributed by atoms with Gasteiger partial charge in [-0.05, 0) is 43.8 Å². The highest BCUT2D eigenvalue weighted by molar-refractivity contribution is 7.98. The van der Waals surface area contributed by atoms with Crippen molar-refractivity contribution < 1.29 is 4.79 Å². The number of urea groups is 1. The van der Waals surface area contributed by atoms with Gasteiger partial charge in [-0.2, -0.15) is 0 Å². The Kier molecular flexibility index (Phi) is 3.41. The molecule has 0 radical (unpaired) electrons. The summed E-state index contributed by atoms with van der Waals surface area (Å²) in [6, 6.07) is 3.64. The molecule has 3 N–H and O–H groups in total. The third kappa shape index (κ3) is 2.67. The highest BCUT2D eigenvalue weighted by Gasteiger charge is 2.05. The normalized spacial score (nSPS) is 9.93. The minimum absolute atomic E-state index is 0.519. The van der Waals surface area contributed by atoms with E-state index >= 15 is 0 Å². The van der Waals surface area contributed by atoms with Crippen LogP contribution in [0, 0.1) is 20.8 Å². The number of carbonyl (C=O) groups excluding carboxylic acids is 1. The molecule has 0 bridgehead atoms. The van der Waals surface area contributed by atoms with Gasteiger partial charge in [0.15, 0.2) is 0 Å². The average molecular weight is 210 g/mol. The molecule has 0 aromatic heterocycles. The second-order valence-corrected chi connectivity index (χ2v) is 4.11. The highest BCUT2D eigenvalue weighted by Crippen LogP contribution is 2.25. The molecule has 0 aliphatic carbocycles. The fourth-order valence-corrected chi connectivity index (χ4v) is 2.07. The third-order valence-corrected chi connectivity index (χ3v) is 3.01. The SMILES string of the molecule is Cc1cc(C)c(SNC(N)=O)c(C)c1. The molecule has 0 spiro atoms. The predicted molar refractivity (Wildman–Crippen MR) is 59.2 cm³/mol. The number of amides is 2. The number of hydrogen-bond donors (Lipinski definition) is 2. The third-order valence-electron chi connectivity index (χ3n) is 1.86. The van der Waals surface area contributed by atoms with Crippen LogP contribution in [0.1, 0.15) is 16.7 Å². The van der Waals surface area contributed by atoms with Gasteiger partial charge in [-0.1, -0.05) is 17.7 Å². The fourth-order valence-electron chi connectivity index (χ4n) is 1.43. The fraction of sp³-hybridized carbons (Fsp3) is 0.300. The van der Waals surface area contributed by atoms with Crippen LogP contribution >= 0.6 is 11.9 Å². The molecule has 14 heavy (non-hydrogen) atoms. The standard InChI is InChI=1S/C10H14N2OS/c1-6-4-7(2)9(8(3)5-6)14-12-10(11)13/h4-5H,1-3H3,(H3,11,12,13). The number of primary amides is 1. The maximum absolute atomic E-state index is 10.6. The molecule has 2 amide bonds. The molecule has 4 heteroatoms. The first-order valence-corrected chi connectivity index (χ1v) is 5.12. The zero-order valence-corrected chi connectivity index (χ0v) is 9.37. The van der Waals surface area contributed by atoms with E-state index in [1.54, 1.807) is 0 Å². The molecule has 1 rings (SSSR count). The van der Waals surface area contributed by atoms with Crippen molar-refractivity contribution in [1.29, 1.82) is 0 Å². The highest BCUT2D eigenvalue weighted by atomic mass is 32.2. The first-order valence-electron chi connectivity index (χ1n) is 4.31. The Morgan fingerprint density at radius 2 is 1.79 bits per heavy atom. The number of hydrogen-bond acceptors (Lipinski definition) is 2. The van der Waals surface area contributed by atoms with Crippen LogP contribution in [0.2, 0.25) is 0 Å². The summed E-state index contributed by atoms with van der Waals surface area (Å²) in [6.45, 7) is 6.09. The summed E-state index contributed by atoms with van der Waals surface area (Å²) in [4.78, 5) is 11.6. The van der Waals surface area contributed by atoms with E-state index in [9.17, 15) is 4.79 Å². The number of benzene rings is 1. The molecule has 0 saturated heterocycles. The van der Waals surface area contributed by atoms with Gasteiger partial charge in [-0.25, -0.2) is 4.79 Å². The molecule has 76 valence electrons. The van der Waals surface area contributed by atoms with Gasteiger partial charge < -0.3 is 5.73 Å². The van der Waals surface area contributed by atoms with Crippen LogP contribution in [0.25, 0.3) is 0 Å². The number of nitrogens with one attached hydrogen (secondary N) is 1. The zero-order valence-electron chi connectivity index (χ0n) is 8.55. The average Bonchev–Trinajstić information content (AvgIpc) is 2.01. The molecule has 3 nitrogen and oxygen atoms in total. The first kappa shape index (κ1) is 10.9. The summed E-state index contributed by atoms with van der Waals surface area (Å²) < 4.78 is 2.52. The molecule has 1 aromatic carbocycles. The largest absolute Gasteiger partial charge is 0.351 e. The van der Waals surface area contributed by atoms with Crippen molar-refractivity contribution in [2.75, 3.05) is 0 Å². The molecule has 0 unspecified atom stereocenters. The molecule has 0 fully saturated rings. The number of nitrogens with two attached hydrogens (primary N) is 1. The Bertz CT molecular complexity index is 340. The maximum atomic E-state index is 10.6. The molecule has 0 atom stereocenters. The van der Waals surface area contributed by atoms with Crippen LogP contribution in [0.5, 0.6) is 0 Å². The summed E-state index contributed by atoms with van der Waals surface area (Å²) in [5, 5.41) is 0. The summed E-state index contributed by atoms with van der Waals surface area (Å²) in [7, 11) is 0. The van der Waals surface area contributed by atoms with E-state index in [2.05, 4.69) is 23.8 Å². The minimum Gasteiger partial charge on any atom is -0.351 e. The molecule has 0 aliphatic heterocycles. The van der Waals surface area contributed by atoms with Crippen molar-refractivity contribution in [2.45, 2.75) is 25.7 Å². The van der Waals surface area contributed by atoms with E-state index in [4.69, 9.17) is 5.73 Å². The lowest BCUT2D eigenvalue weighted by molar-refractivity contribution is 0.254. The Labute approximate surface area is 88.2 Å². The van der Waals surface area contributed by atoms with Gasteiger partial charge >= 0.3 is 6.03 Å². The molecule has 0 aliphatic rings. The zero-order chi connectivity index (χ0) is 10.7. The first-order chi connectivity index (χ1) is 6.50. The van der Waals surface area contributed by atoms with E-state index in [1.165, 1.54) is 17.5 Å². The van der Waals surface area contributed by atoms with E-state index in [0.29, 0.717) is 0 Å². The van der Waals surface area contributed by atoms with Crippen LogP contribution < -0.4 is 10.5 Å². The molecular formula is C10H14N2OS. The summed E-state index contributed by atoms with van der Waals surface area (Å²) in [5.41, 5.74) is 8.53. The second kappa shape index (κ2) is 4.37. The van der Waals surface area contributed by atoms with Crippen LogP contribution in [0.15, 0.2) is 17.0 Å². The summed E-state index contributed by atoms with van der Waals surface area (Å²) in [5.74, 6) is 0. The van der Waals surface area contributed by atoms with Gasteiger partial charge in [0.05, 0.1) is 0 Å². The van der Waals surface area contributed by atoms with Gasteiger partial charge in [0.25, 0.3) is 0 Å². The van der Waals surface area contributed by atoms with E-state index < -0.39 is 6.03 Å². The summed E-state index contributed by atoms with van der Waals surface area (Å²) in [6.07, 6.45) is 0. The van der Waals surface area contributed by atoms with Crippen LogP contribution in [0.4, 0.5) is 4.79 Å². The van der Waals surface area contributed by atoms with Crippen LogP contribution in [-0.4, -0.2) is 6.03 Å². The van der Waals surface area contributed by atoms with Crippen LogP contribution in [-0.2, 0) is 0 Å². The molecule has 0 saturated carbocycles. The van der Waals surface area contributed by atoms with Gasteiger partial charge in [0, 0.05) is 4.90 Å². The second-order valence-electron chi connectivity index (χ2n) is 3.30. The minimum atomic E-state index is -0.519. The smallest absolute Gasteiger partial charge is 0.322 e. The molecule has 0 heterocycles. The van der Waals surface area contributed by atoms with Crippen molar-refractivity contribution in [1.82, 2.24) is 4.72 Å². The monoisotopic (exact) mass is 210 g/mol. The van der Waals surface area contributed by atoms with Gasteiger partial charge in [0.1, 0.15) is 0 Å². The van der Waals surface area contributed by atoms with Crippen molar-refractivity contribution >= 4 is 18.0 Å². The Morgan fingerprint density at radius 3 is 2.21 bits per heavy atom. The van der Waals surface area contributed by atoms with Crippen molar-refractivity contribution in [3.8, 4) is 0 Å². The van der Waals surface area contributed by atoms with Gasteiger partial charge in [-0.15, -0.1) is 0 Å². The van der Waals surface area contributed by atoms with E-state index in [1.807, 2.05) is 13.8 Å². The van der Waals surface area contributed by atoms with Gasteiger partial charge in [-0.3, -0.25) is 4.72 Å². The van der Waals surface area contributed by atoms with E-state index in [0.717, 1.165) is 16.0 Å². The quantitative estimate of drug-likeness (QED) is 0.736. The molecular weight excluding hydrogens is 196 g/mol. The lowest BCUT2D eigenvalue weighted by atomic mass is 10.1. The Hall–Kier alpha value is -1.16. The van der Waals surface area contributed by atoms with Crippen molar-refractivity contribution in [2.24, 2.45) is 5.73 Å². The lowest BCUT2D eigenvalue weighted by Gasteiger charge is -2.09. The van der Waals surface area contributed by atoms with Crippen LogP contribution in [0.3, 0.4) is 0 Å². The predicted octanol–water partition coefficient (Wildman–Crippen LogP) is 2.29. The van der Waals surface area contributed by atoms with E-state index in [-0.39, 0.29) is 0 Å². The maximum Gasteiger partial charge on any atom is 0.322 e.